The normalized spacial score (nSPS) is 10.9. The molecule has 0 saturated heterocycles. The van der Waals surface area contributed by atoms with Gasteiger partial charge in [0.25, 0.3) is 0 Å². The zero-order valence-corrected chi connectivity index (χ0v) is 9.25. The standard InChI is InChI=1S/C12H13FN2O/c1-12(2,11(16)7-14)8-4-5-9(13)10(6-8)15-3/h4-6H,7,14H2,1-2H3. The van der Waals surface area contributed by atoms with Gasteiger partial charge in [0.2, 0.25) is 5.69 Å². The second-order valence-corrected chi connectivity index (χ2v) is 4.03. The number of hydrogen-bond donors (Lipinski definition) is 1. The van der Waals surface area contributed by atoms with Gasteiger partial charge in [0.15, 0.2) is 5.78 Å². The Morgan fingerprint density at radius 2 is 2.19 bits per heavy atom. The Bertz CT molecular complexity index is 461. The van der Waals surface area contributed by atoms with Gasteiger partial charge >= 0.3 is 0 Å². The number of nitrogens with zero attached hydrogens (tertiary/aromatic N) is 1. The predicted octanol–water partition coefficient (Wildman–Crippen LogP) is 2.18. The van der Waals surface area contributed by atoms with Crippen molar-refractivity contribution in [1.82, 2.24) is 0 Å². The minimum absolute atomic E-state index is 0.0717. The number of carbonyl (C=O) groups excluding carboxylic acids is 1. The molecule has 0 aliphatic heterocycles. The lowest BCUT2D eigenvalue weighted by Crippen LogP contribution is -2.34. The molecule has 0 unspecified atom stereocenters. The fraction of sp³-hybridized carbons (Fsp3) is 0.333. The van der Waals surface area contributed by atoms with Gasteiger partial charge in [0, 0.05) is 5.41 Å². The van der Waals surface area contributed by atoms with E-state index in [0.29, 0.717) is 5.56 Å². The largest absolute Gasteiger partial charge is 0.324 e. The maximum atomic E-state index is 13.1. The van der Waals surface area contributed by atoms with Crippen LogP contribution in [0.25, 0.3) is 4.85 Å². The Morgan fingerprint density at radius 3 is 2.69 bits per heavy atom. The van der Waals surface area contributed by atoms with Crippen molar-refractivity contribution in [1.29, 1.82) is 0 Å². The molecule has 4 heteroatoms. The maximum Gasteiger partial charge on any atom is 0.222 e. The molecule has 0 radical (unpaired) electrons. The third kappa shape index (κ3) is 2.10. The van der Waals surface area contributed by atoms with Gasteiger partial charge < -0.3 is 5.73 Å². The minimum Gasteiger partial charge on any atom is -0.324 e. The van der Waals surface area contributed by atoms with Gasteiger partial charge in [-0.15, -0.1) is 0 Å². The summed E-state index contributed by atoms with van der Waals surface area (Å²) in [5.74, 6) is -0.718. The fourth-order valence-electron chi connectivity index (χ4n) is 1.40. The Kier molecular flexibility index (Phi) is 3.41. The van der Waals surface area contributed by atoms with Gasteiger partial charge in [0.05, 0.1) is 13.1 Å². The van der Waals surface area contributed by atoms with Crippen LogP contribution in [0.1, 0.15) is 19.4 Å². The average molecular weight is 220 g/mol. The van der Waals surface area contributed by atoms with Crippen molar-refractivity contribution in [2.45, 2.75) is 19.3 Å². The number of halogens is 1. The molecule has 0 spiro atoms. The number of nitrogens with two attached hydrogens (primary N) is 1. The quantitative estimate of drug-likeness (QED) is 0.794. The second-order valence-electron chi connectivity index (χ2n) is 4.03. The van der Waals surface area contributed by atoms with Crippen LogP contribution in [0.4, 0.5) is 10.1 Å². The van der Waals surface area contributed by atoms with E-state index in [1.165, 1.54) is 18.2 Å². The lowest BCUT2D eigenvalue weighted by Gasteiger charge is -2.23. The molecule has 0 aliphatic rings. The van der Waals surface area contributed by atoms with Crippen molar-refractivity contribution in [2.24, 2.45) is 5.73 Å². The molecule has 0 heterocycles. The molecule has 0 fully saturated rings. The van der Waals surface area contributed by atoms with Gasteiger partial charge in [-0.3, -0.25) is 4.79 Å². The Balaban J connectivity index is 3.25. The summed E-state index contributed by atoms with van der Waals surface area (Å²) in [7, 11) is 0. The first-order valence-corrected chi connectivity index (χ1v) is 4.84. The van der Waals surface area contributed by atoms with Gasteiger partial charge in [0.1, 0.15) is 5.82 Å². The Hall–Kier alpha value is -1.73. The lowest BCUT2D eigenvalue weighted by atomic mass is 9.80. The zero-order chi connectivity index (χ0) is 12.3. The van der Waals surface area contributed by atoms with Gasteiger partial charge in [-0.2, -0.15) is 0 Å². The van der Waals surface area contributed by atoms with Crippen molar-refractivity contribution >= 4 is 11.5 Å². The van der Waals surface area contributed by atoms with E-state index in [1.54, 1.807) is 13.8 Å². The summed E-state index contributed by atoms with van der Waals surface area (Å²) in [4.78, 5) is 14.7. The van der Waals surface area contributed by atoms with Crippen molar-refractivity contribution in [3.8, 4) is 0 Å². The topological polar surface area (TPSA) is 47.5 Å². The van der Waals surface area contributed by atoms with Crippen molar-refractivity contribution < 1.29 is 9.18 Å². The molecule has 1 aromatic carbocycles. The smallest absolute Gasteiger partial charge is 0.222 e. The monoisotopic (exact) mass is 220 g/mol. The van der Waals surface area contributed by atoms with E-state index in [9.17, 15) is 9.18 Å². The highest BCUT2D eigenvalue weighted by atomic mass is 19.1. The third-order valence-electron chi connectivity index (χ3n) is 2.67. The summed E-state index contributed by atoms with van der Waals surface area (Å²) in [5, 5.41) is 0. The molecule has 0 saturated carbocycles. The molecule has 84 valence electrons. The molecule has 0 bridgehead atoms. The molecular formula is C12H13FN2O. The van der Waals surface area contributed by atoms with Crippen molar-refractivity contribution in [2.75, 3.05) is 6.54 Å². The number of benzene rings is 1. The maximum absolute atomic E-state index is 13.1. The number of rotatable bonds is 3. The Morgan fingerprint density at radius 1 is 1.56 bits per heavy atom. The van der Waals surface area contributed by atoms with E-state index >= 15 is 0 Å². The van der Waals surface area contributed by atoms with Crippen LogP contribution in [0, 0.1) is 12.4 Å². The highest BCUT2D eigenvalue weighted by molar-refractivity contribution is 5.91. The lowest BCUT2D eigenvalue weighted by molar-refractivity contribution is -0.122. The van der Waals surface area contributed by atoms with E-state index < -0.39 is 11.2 Å². The molecule has 0 atom stereocenters. The van der Waals surface area contributed by atoms with Crippen LogP contribution in [0.2, 0.25) is 0 Å². The summed E-state index contributed by atoms with van der Waals surface area (Å²) < 4.78 is 13.1. The molecule has 2 N–H and O–H groups in total. The summed E-state index contributed by atoms with van der Waals surface area (Å²) >= 11 is 0. The molecule has 0 aliphatic carbocycles. The minimum atomic E-state index is -0.790. The number of Topliss-reactive ketones (excluding diaryl/α,β-unsaturated/α-hetero) is 1. The summed E-state index contributed by atoms with van der Waals surface area (Å²) in [6.45, 7) is 10.2. The zero-order valence-electron chi connectivity index (χ0n) is 9.25. The van der Waals surface area contributed by atoms with E-state index in [-0.39, 0.29) is 18.0 Å². The van der Waals surface area contributed by atoms with E-state index in [1.807, 2.05) is 0 Å². The van der Waals surface area contributed by atoms with E-state index in [0.717, 1.165) is 0 Å². The number of hydrogen-bond acceptors (Lipinski definition) is 2. The molecule has 1 rings (SSSR count). The Labute approximate surface area is 93.9 Å². The molecule has 3 nitrogen and oxygen atoms in total. The van der Waals surface area contributed by atoms with Crippen LogP contribution in [0.15, 0.2) is 18.2 Å². The predicted molar refractivity (Wildman–Crippen MR) is 59.7 cm³/mol. The summed E-state index contributed by atoms with van der Waals surface area (Å²) in [6, 6.07) is 4.11. The first kappa shape index (κ1) is 12.3. The van der Waals surface area contributed by atoms with Gasteiger partial charge in [-0.05, 0) is 31.5 Å². The first-order chi connectivity index (χ1) is 7.43. The number of ketones is 1. The summed E-state index contributed by atoms with van der Waals surface area (Å²) in [5.41, 5.74) is 5.06. The van der Waals surface area contributed by atoms with E-state index in [4.69, 9.17) is 12.3 Å². The number of carbonyl (C=O) groups is 1. The molecule has 1 aromatic rings. The van der Waals surface area contributed by atoms with Crippen LogP contribution < -0.4 is 5.73 Å². The molecular weight excluding hydrogens is 207 g/mol. The fourth-order valence-corrected chi connectivity index (χ4v) is 1.40. The molecule has 0 aromatic heterocycles. The molecule has 0 amide bonds. The first-order valence-electron chi connectivity index (χ1n) is 4.84. The molecule has 16 heavy (non-hydrogen) atoms. The highest BCUT2D eigenvalue weighted by Crippen LogP contribution is 2.29. The van der Waals surface area contributed by atoms with Crippen LogP contribution in [-0.4, -0.2) is 12.3 Å². The van der Waals surface area contributed by atoms with Gasteiger partial charge in [-0.1, -0.05) is 6.07 Å². The van der Waals surface area contributed by atoms with Crippen LogP contribution in [0.5, 0.6) is 0 Å². The van der Waals surface area contributed by atoms with Crippen LogP contribution in [0.3, 0.4) is 0 Å². The van der Waals surface area contributed by atoms with Gasteiger partial charge in [-0.25, -0.2) is 9.24 Å². The van der Waals surface area contributed by atoms with Crippen molar-refractivity contribution in [3.05, 3.63) is 41.0 Å². The van der Waals surface area contributed by atoms with E-state index in [2.05, 4.69) is 4.85 Å². The van der Waals surface area contributed by atoms with Crippen LogP contribution in [-0.2, 0) is 10.2 Å². The third-order valence-corrected chi connectivity index (χ3v) is 2.67. The van der Waals surface area contributed by atoms with Crippen LogP contribution >= 0.6 is 0 Å². The summed E-state index contributed by atoms with van der Waals surface area (Å²) in [6.07, 6.45) is 0. The SMILES string of the molecule is [C-]#[N+]c1cc(C(C)(C)C(=O)CN)ccc1F. The highest BCUT2D eigenvalue weighted by Gasteiger charge is 2.28. The second kappa shape index (κ2) is 4.42. The average Bonchev–Trinajstić information content (AvgIpc) is 2.28. The van der Waals surface area contributed by atoms with Crippen molar-refractivity contribution in [3.63, 3.8) is 0 Å².